The summed E-state index contributed by atoms with van der Waals surface area (Å²) >= 11 is 0. The number of allylic oxidation sites excluding steroid dienone is 4. The van der Waals surface area contributed by atoms with E-state index in [4.69, 9.17) is 0 Å². The zero-order valence-electron chi connectivity index (χ0n) is 7.15. The highest BCUT2D eigenvalue weighted by atomic mass is 14.2. The van der Waals surface area contributed by atoms with Crippen LogP contribution in [0, 0.1) is 5.92 Å². The van der Waals surface area contributed by atoms with E-state index in [9.17, 15) is 0 Å². The van der Waals surface area contributed by atoms with Gasteiger partial charge in [0.2, 0.25) is 0 Å². The lowest BCUT2D eigenvalue weighted by molar-refractivity contribution is 0.736. The topological polar surface area (TPSA) is 0 Å². The Bertz CT molecular complexity index is 172. The van der Waals surface area contributed by atoms with Gasteiger partial charge in [-0.15, -0.1) is 0 Å². The molecule has 1 aliphatic rings. The summed E-state index contributed by atoms with van der Waals surface area (Å²) in [6, 6.07) is 0. The molecule has 0 nitrogen and oxygen atoms in total. The number of hydrogen-bond donors (Lipinski definition) is 0. The van der Waals surface area contributed by atoms with Crippen molar-refractivity contribution in [1.29, 1.82) is 0 Å². The van der Waals surface area contributed by atoms with E-state index in [1.165, 1.54) is 6.42 Å². The third-order valence-corrected chi connectivity index (χ3v) is 2.47. The van der Waals surface area contributed by atoms with Gasteiger partial charge in [-0.2, -0.15) is 0 Å². The van der Waals surface area contributed by atoms with E-state index in [0.29, 0.717) is 5.92 Å². The molecule has 0 heteroatoms. The van der Waals surface area contributed by atoms with E-state index in [-0.39, 0.29) is 0 Å². The summed E-state index contributed by atoms with van der Waals surface area (Å²) in [5.74, 6) is 0.707. The molecule has 0 aliphatic heterocycles. The Kier molecular flexibility index (Phi) is 2.31. The van der Waals surface area contributed by atoms with Crippen LogP contribution in [0.15, 0.2) is 23.3 Å². The zero-order valence-corrected chi connectivity index (χ0v) is 7.15. The maximum atomic E-state index is 2.36. The molecule has 1 rings (SSSR count). The summed E-state index contributed by atoms with van der Waals surface area (Å²) in [5, 5.41) is 0. The van der Waals surface area contributed by atoms with E-state index >= 15 is 0 Å². The fourth-order valence-electron chi connectivity index (χ4n) is 1.49. The molecule has 0 saturated carbocycles. The predicted octanol–water partition coefficient (Wildman–Crippen LogP) is 3.31. The summed E-state index contributed by atoms with van der Waals surface area (Å²) in [5.41, 5.74) is 3.15. The Balaban J connectivity index is 2.70. The molecule has 0 bridgehead atoms. The maximum absolute atomic E-state index is 2.36. The molecule has 0 saturated heterocycles. The minimum absolute atomic E-state index is 0.707. The third kappa shape index (κ3) is 1.31. The van der Waals surface area contributed by atoms with Gasteiger partial charge in [0.05, 0.1) is 0 Å². The van der Waals surface area contributed by atoms with E-state index < -0.39 is 0 Å². The number of hydrogen-bond acceptors (Lipinski definition) is 0. The molecule has 0 aromatic rings. The largest absolute Gasteiger partial charge is 0.0812 e. The summed E-state index contributed by atoms with van der Waals surface area (Å²) in [7, 11) is 0. The first-order chi connectivity index (χ1) is 4.75. The Labute approximate surface area is 63.6 Å². The minimum Gasteiger partial charge on any atom is -0.0812 e. The fraction of sp³-hybridized carbons (Fsp3) is 0.600. The Morgan fingerprint density at radius 3 is 2.70 bits per heavy atom. The molecule has 10 heavy (non-hydrogen) atoms. The monoisotopic (exact) mass is 136 g/mol. The Hall–Kier alpha value is -0.520. The Morgan fingerprint density at radius 2 is 2.20 bits per heavy atom. The quantitative estimate of drug-likeness (QED) is 0.485. The summed E-state index contributed by atoms with van der Waals surface area (Å²) < 4.78 is 0. The van der Waals surface area contributed by atoms with Gasteiger partial charge >= 0.3 is 0 Å². The van der Waals surface area contributed by atoms with Gasteiger partial charge in [-0.1, -0.05) is 37.1 Å². The molecular formula is C10H16. The first-order valence-electron chi connectivity index (χ1n) is 4.11. The second-order valence-corrected chi connectivity index (χ2v) is 3.04. The lowest BCUT2D eigenvalue weighted by Crippen LogP contribution is -2.03. The lowest BCUT2D eigenvalue weighted by atomic mass is 9.87. The maximum Gasteiger partial charge on any atom is -0.00241 e. The molecule has 0 heterocycles. The minimum atomic E-state index is 0.707. The van der Waals surface area contributed by atoms with Crippen LogP contribution in [0.2, 0.25) is 0 Å². The van der Waals surface area contributed by atoms with Crippen LogP contribution in [-0.2, 0) is 0 Å². The highest BCUT2D eigenvalue weighted by molar-refractivity contribution is 5.24. The first kappa shape index (κ1) is 7.59. The van der Waals surface area contributed by atoms with Crippen LogP contribution in [-0.4, -0.2) is 0 Å². The van der Waals surface area contributed by atoms with Gasteiger partial charge in [-0.3, -0.25) is 0 Å². The highest BCUT2D eigenvalue weighted by Crippen LogP contribution is 2.26. The van der Waals surface area contributed by atoms with Gasteiger partial charge < -0.3 is 0 Å². The van der Waals surface area contributed by atoms with Gasteiger partial charge in [-0.05, 0) is 25.7 Å². The molecule has 0 aromatic carbocycles. The van der Waals surface area contributed by atoms with Gasteiger partial charge in [0.25, 0.3) is 0 Å². The SMILES string of the molecule is CCC1=CCC=C(C)C1C. The molecular weight excluding hydrogens is 120 g/mol. The van der Waals surface area contributed by atoms with E-state index in [2.05, 4.69) is 32.9 Å². The average Bonchev–Trinajstić information content (AvgIpc) is 1.95. The standard InChI is InChI=1S/C10H16/c1-4-10-7-5-6-8(2)9(10)3/h6-7,9H,4-5H2,1-3H3. The average molecular weight is 136 g/mol. The second-order valence-electron chi connectivity index (χ2n) is 3.04. The summed E-state index contributed by atoms with van der Waals surface area (Å²) in [6.07, 6.45) is 7.05. The zero-order chi connectivity index (χ0) is 7.56. The molecule has 0 N–H and O–H groups in total. The first-order valence-corrected chi connectivity index (χ1v) is 4.11. The molecule has 1 unspecified atom stereocenters. The van der Waals surface area contributed by atoms with Crippen molar-refractivity contribution in [1.82, 2.24) is 0 Å². The van der Waals surface area contributed by atoms with Crippen molar-refractivity contribution in [2.75, 3.05) is 0 Å². The summed E-state index contributed by atoms with van der Waals surface area (Å²) in [4.78, 5) is 0. The lowest BCUT2D eigenvalue weighted by Gasteiger charge is -2.19. The van der Waals surface area contributed by atoms with Crippen molar-refractivity contribution in [3.63, 3.8) is 0 Å². The van der Waals surface area contributed by atoms with Crippen LogP contribution in [0.1, 0.15) is 33.6 Å². The van der Waals surface area contributed by atoms with E-state index in [0.717, 1.165) is 6.42 Å². The van der Waals surface area contributed by atoms with Crippen molar-refractivity contribution in [3.05, 3.63) is 23.3 Å². The number of rotatable bonds is 1. The third-order valence-electron chi connectivity index (χ3n) is 2.47. The van der Waals surface area contributed by atoms with Gasteiger partial charge in [0.15, 0.2) is 0 Å². The molecule has 0 spiro atoms. The molecule has 1 atom stereocenters. The van der Waals surface area contributed by atoms with Crippen LogP contribution >= 0.6 is 0 Å². The fourth-order valence-corrected chi connectivity index (χ4v) is 1.49. The van der Waals surface area contributed by atoms with Gasteiger partial charge in [0, 0.05) is 0 Å². The van der Waals surface area contributed by atoms with Crippen LogP contribution in [0.25, 0.3) is 0 Å². The second kappa shape index (κ2) is 3.05. The van der Waals surface area contributed by atoms with Crippen molar-refractivity contribution in [2.24, 2.45) is 5.92 Å². The molecule has 0 fully saturated rings. The Morgan fingerprint density at radius 1 is 1.50 bits per heavy atom. The van der Waals surface area contributed by atoms with Crippen LogP contribution in [0.3, 0.4) is 0 Å². The van der Waals surface area contributed by atoms with Crippen molar-refractivity contribution in [2.45, 2.75) is 33.6 Å². The van der Waals surface area contributed by atoms with Crippen LogP contribution in [0.5, 0.6) is 0 Å². The predicted molar refractivity (Wildman–Crippen MR) is 45.9 cm³/mol. The van der Waals surface area contributed by atoms with Crippen LogP contribution in [0.4, 0.5) is 0 Å². The van der Waals surface area contributed by atoms with Crippen molar-refractivity contribution < 1.29 is 0 Å². The van der Waals surface area contributed by atoms with Crippen molar-refractivity contribution >= 4 is 0 Å². The van der Waals surface area contributed by atoms with Crippen molar-refractivity contribution in [3.8, 4) is 0 Å². The van der Waals surface area contributed by atoms with Gasteiger partial charge in [0.1, 0.15) is 0 Å². The van der Waals surface area contributed by atoms with Gasteiger partial charge in [-0.25, -0.2) is 0 Å². The normalized spacial score (nSPS) is 25.7. The molecule has 0 amide bonds. The molecule has 0 aromatic heterocycles. The smallest absolute Gasteiger partial charge is 0.00241 e. The van der Waals surface area contributed by atoms with E-state index in [1.807, 2.05) is 0 Å². The summed E-state index contributed by atoms with van der Waals surface area (Å²) in [6.45, 7) is 6.76. The van der Waals surface area contributed by atoms with E-state index in [1.54, 1.807) is 11.1 Å². The molecule has 1 aliphatic carbocycles. The highest BCUT2D eigenvalue weighted by Gasteiger charge is 2.10. The van der Waals surface area contributed by atoms with Crippen LogP contribution < -0.4 is 0 Å². The molecule has 56 valence electrons. The molecule has 0 radical (unpaired) electrons.